The van der Waals surface area contributed by atoms with Gasteiger partial charge in [-0.1, -0.05) is 12.1 Å². The van der Waals surface area contributed by atoms with Crippen molar-refractivity contribution in [2.24, 2.45) is 5.92 Å². The Bertz CT molecular complexity index is 1290. The average molecular weight is 542 g/mol. The lowest BCUT2D eigenvalue weighted by atomic mass is 9.86. The molecule has 3 aromatic rings. The summed E-state index contributed by atoms with van der Waals surface area (Å²) in [4.78, 5) is 9.76. The molecule has 0 atom stereocenters. The first-order valence-electron chi connectivity index (χ1n) is 11.7. The van der Waals surface area contributed by atoms with E-state index >= 15 is 4.39 Å². The van der Waals surface area contributed by atoms with E-state index < -0.39 is 27.4 Å². The van der Waals surface area contributed by atoms with Crippen molar-refractivity contribution >= 4 is 21.7 Å². The minimum atomic E-state index is -5.37. The maximum absolute atomic E-state index is 15.2. The number of nitrogens with zero attached hydrogens (tertiary/aromatic N) is 5. The maximum atomic E-state index is 15.2. The van der Waals surface area contributed by atoms with Gasteiger partial charge in [0.2, 0.25) is 5.82 Å². The minimum absolute atomic E-state index is 0.0297. The molecule has 0 spiro atoms. The molecular formula is C23H27F4N7O2S. The highest BCUT2D eigenvalue weighted by Gasteiger charge is 2.47. The zero-order valence-electron chi connectivity index (χ0n) is 20.0. The molecule has 1 fully saturated rings. The van der Waals surface area contributed by atoms with E-state index in [0.29, 0.717) is 25.9 Å². The molecule has 9 nitrogen and oxygen atoms in total. The molecule has 0 unspecified atom stereocenters. The van der Waals surface area contributed by atoms with Crippen LogP contribution >= 0.6 is 0 Å². The van der Waals surface area contributed by atoms with Crippen molar-refractivity contribution in [2.75, 3.05) is 23.8 Å². The highest BCUT2D eigenvalue weighted by Crippen LogP contribution is 2.29. The van der Waals surface area contributed by atoms with Crippen LogP contribution in [0.5, 0.6) is 0 Å². The number of alkyl halides is 3. The third kappa shape index (κ3) is 6.55. The second-order valence-electron chi connectivity index (χ2n) is 9.00. The Balaban J connectivity index is 1.33. The molecule has 1 aromatic carbocycles. The number of sulfonamides is 1. The molecule has 4 rings (SSSR count). The number of nitrogens with one attached hydrogen (secondary N) is 2. The summed E-state index contributed by atoms with van der Waals surface area (Å²) in [6, 6.07) is 8.74. The van der Waals surface area contributed by atoms with Crippen molar-refractivity contribution in [3.63, 3.8) is 0 Å². The van der Waals surface area contributed by atoms with Crippen LogP contribution < -0.4 is 14.9 Å². The first-order chi connectivity index (χ1) is 17.5. The summed E-state index contributed by atoms with van der Waals surface area (Å²) in [7, 11) is -3.65. The number of anilines is 2. The van der Waals surface area contributed by atoms with Crippen molar-refractivity contribution in [1.29, 1.82) is 0 Å². The maximum Gasteiger partial charge on any atom is 0.511 e. The second kappa shape index (κ2) is 11.0. The first kappa shape index (κ1) is 26.8. The van der Waals surface area contributed by atoms with Gasteiger partial charge < -0.3 is 10.2 Å². The Hall–Kier alpha value is -3.26. The lowest BCUT2D eigenvalue weighted by molar-refractivity contribution is -0.0452. The van der Waals surface area contributed by atoms with Crippen LogP contribution in [0.4, 0.5) is 29.2 Å². The lowest BCUT2D eigenvalue weighted by Gasteiger charge is -2.29. The minimum Gasteiger partial charge on any atom is -0.367 e. The molecule has 37 heavy (non-hydrogen) atoms. The fraction of sp³-hybridized carbons (Fsp3) is 0.435. The van der Waals surface area contributed by atoms with Crippen LogP contribution in [0.2, 0.25) is 0 Å². The summed E-state index contributed by atoms with van der Waals surface area (Å²) in [5.41, 5.74) is -3.52. The number of benzene rings is 1. The van der Waals surface area contributed by atoms with Crippen LogP contribution in [0.1, 0.15) is 31.2 Å². The van der Waals surface area contributed by atoms with Crippen LogP contribution in [0.15, 0.2) is 49.1 Å². The quantitative estimate of drug-likeness (QED) is 0.397. The van der Waals surface area contributed by atoms with Gasteiger partial charge >= 0.3 is 15.5 Å². The van der Waals surface area contributed by atoms with Gasteiger partial charge in [-0.2, -0.15) is 22.7 Å². The molecule has 0 radical (unpaired) electrons. The van der Waals surface area contributed by atoms with E-state index in [1.54, 1.807) is 27.5 Å². The van der Waals surface area contributed by atoms with Crippen LogP contribution in [0.3, 0.4) is 0 Å². The molecule has 0 saturated heterocycles. The molecule has 0 amide bonds. The molecule has 1 saturated carbocycles. The van der Waals surface area contributed by atoms with Gasteiger partial charge in [0.25, 0.3) is 0 Å². The van der Waals surface area contributed by atoms with Gasteiger partial charge in [-0.05, 0) is 55.4 Å². The number of aromatic nitrogens is 4. The van der Waals surface area contributed by atoms with Crippen molar-refractivity contribution in [3.8, 4) is 5.69 Å². The van der Waals surface area contributed by atoms with E-state index in [2.05, 4.69) is 20.4 Å². The number of hydrogen-bond acceptors (Lipinski definition) is 7. The SMILES string of the molecule is CN(Cc1cccc(-n2cccn2)c1)c1ncnc(NC[C@H]2CC[C@H](NS(=O)(=O)C(F)(F)F)CC2)c1F. The Morgan fingerprint density at radius 2 is 1.89 bits per heavy atom. The Labute approximate surface area is 212 Å². The topological polar surface area (TPSA) is 105 Å². The third-order valence-corrected chi connectivity index (χ3v) is 7.52. The summed E-state index contributed by atoms with van der Waals surface area (Å²) < 4.78 is 79.0. The summed E-state index contributed by atoms with van der Waals surface area (Å²) in [6.07, 6.45) is 6.29. The number of halogens is 4. The normalized spacial score (nSPS) is 18.5. The van der Waals surface area contributed by atoms with Crippen molar-refractivity contribution < 1.29 is 26.0 Å². The van der Waals surface area contributed by atoms with Crippen molar-refractivity contribution in [2.45, 2.75) is 43.8 Å². The highest BCUT2D eigenvalue weighted by molar-refractivity contribution is 7.90. The van der Waals surface area contributed by atoms with E-state index in [4.69, 9.17) is 0 Å². The molecule has 14 heteroatoms. The van der Waals surface area contributed by atoms with E-state index in [1.807, 2.05) is 36.5 Å². The van der Waals surface area contributed by atoms with Crippen LogP contribution in [-0.2, 0) is 16.6 Å². The Morgan fingerprint density at radius 3 is 2.57 bits per heavy atom. The van der Waals surface area contributed by atoms with Gasteiger partial charge in [0.1, 0.15) is 6.33 Å². The van der Waals surface area contributed by atoms with E-state index in [-0.39, 0.29) is 30.4 Å². The smallest absolute Gasteiger partial charge is 0.367 e. The second-order valence-corrected chi connectivity index (χ2v) is 10.7. The summed E-state index contributed by atoms with van der Waals surface area (Å²) in [5, 5.41) is 7.19. The zero-order chi connectivity index (χ0) is 26.6. The fourth-order valence-electron chi connectivity index (χ4n) is 4.33. The molecule has 2 heterocycles. The molecular weight excluding hydrogens is 514 g/mol. The van der Waals surface area contributed by atoms with Gasteiger partial charge in [0, 0.05) is 38.6 Å². The van der Waals surface area contributed by atoms with Crippen molar-refractivity contribution in [1.82, 2.24) is 24.5 Å². The molecule has 2 N–H and O–H groups in total. The Kier molecular flexibility index (Phi) is 7.97. The lowest BCUT2D eigenvalue weighted by Crippen LogP contribution is -2.44. The van der Waals surface area contributed by atoms with E-state index in [9.17, 15) is 21.6 Å². The van der Waals surface area contributed by atoms with Gasteiger partial charge in [0.05, 0.1) is 5.69 Å². The van der Waals surface area contributed by atoms with Gasteiger partial charge in [-0.3, -0.25) is 0 Å². The van der Waals surface area contributed by atoms with Gasteiger partial charge in [-0.15, -0.1) is 0 Å². The summed E-state index contributed by atoms with van der Waals surface area (Å²) in [5.74, 6) is -0.429. The monoisotopic (exact) mass is 541 g/mol. The van der Waals surface area contributed by atoms with E-state index in [1.165, 1.54) is 6.33 Å². The predicted molar refractivity (Wildman–Crippen MR) is 130 cm³/mol. The van der Waals surface area contributed by atoms with Crippen LogP contribution in [0.25, 0.3) is 5.69 Å². The average Bonchev–Trinajstić information content (AvgIpc) is 3.39. The first-order valence-corrected chi connectivity index (χ1v) is 13.1. The molecule has 200 valence electrons. The highest BCUT2D eigenvalue weighted by atomic mass is 32.2. The number of hydrogen-bond donors (Lipinski definition) is 2. The molecule has 1 aliphatic rings. The molecule has 1 aliphatic carbocycles. The molecule has 0 aliphatic heterocycles. The molecule has 0 bridgehead atoms. The fourth-order valence-corrected chi connectivity index (χ4v) is 5.14. The number of rotatable bonds is 9. The standard InChI is InChI=1S/C23H27F4N7O2S/c1-33(14-17-4-2-5-19(12-17)34-11-3-10-31-34)22-20(24)21(29-15-30-22)28-13-16-6-8-18(9-7-16)32-37(35,36)23(25,26)27/h2-5,10-12,15-16,18,32H,6-9,13-14H2,1H3,(H,28,29,30)/t16-,18-. The molecule has 2 aromatic heterocycles. The summed E-state index contributed by atoms with van der Waals surface area (Å²) >= 11 is 0. The Morgan fingerprint density at radius 1 is 1.14 bits per heavy atom. The zero-order valence-corrected chi connectivity index (χ0v) is 20.8. The van der Waals surface area contributed by atoms with Crippen LogP contribution in [-0.4, -0.2) is 53.3 Å². The largest absolute Gasteiger partial charge is 0.511 e. The van der Waals surface area contributed by atoms with E-state index in [0.717, 1.165) is 11.3 Å². The van der Waals surface area contributed by atoms with Crippen LogP contribution in [0, 0.1) is 11.7 Å². The third-order valence-electron chi connectivity index (χ3n) is 6.26. The van der Waals surface area contributed by atoms with Gasteiger partial charge in [-0.25, -0.2) is 27.8 Å². The predicted octanol–water partition coefficient (Wildman–Crippen LogP) is 3.85. The summed E-state index contributed by atoms with van der Waals surface area (Å²) in [6.45, 7) is 0.738. The van der Waals surface area contributed by atoms with Crippen molar-refractivity contribution in [3.05, 3.63) is 60.4 Å². The van der Waals surface area contributed by atoms with Gasteiger partial charge in [0.15, 0.2) is 11.6 Å².